The van der Waals surface area contributed by atoms with E-state index in [9.17, 15) is 0 Å². The number of hydrogen-bond donors (Lipinski definition) is 3. The number of nitrogens with one attached hydrogen (secondary N) is 3. The van der Waals surface area contributed by atoms with E-state index in [1.165, 1.54) is 31.4 Å². The zero-order chi connectivity index (χ0) is 9.64. The van der Waals surface area contributed by atoms with Crippen LogP contribution in [0.25, 0.3) is 0 Å². The van der Waals surface area contributed by atoms with E-state index in [0.29, 0.717) is 6.04 Å². The number of aromatic nitrogens is 2. The summed E-state index contributed by atoms with van der Waals surface area (Å²) in [5.41, 5.74) is 1.22. The Morgan fingerprint density at radius 1 is 1.50 bits per heavy atom. The van der Waals surface area contributed by atoms with Gasteiger partial charge in [0.2, 0.25) is 0 Å². The smallest absolute Gasteiger partial charge is 0.0532 e. The van der Waals surface area contributed by atoms with E-state index < -0.39 is 0 Å². The lowest BCUT2D eigenvalue weighted by atomic mass is 10.1. The van der Waals surface area contributed by atoms with Crippen molar-refractivity contribution < 1.29 is 0 Å². The molecular weight excluding hydrogens is 176 g/mol. The molecule has 4 nitrogen and oxygen atoms in total. The first kappa shape index (κ1) is 9.68. The lowest BCUT2D eigenvalue weighted by molar-refractivity contribution is 0.383. The number of rotatable bonds is 4. The van der Waals surface area contributed by atoms with E-state index in [4.69, 9.17) is 0 Å². The molecule has 1 aromatic heterocycles. The molecule has 0 saturated carbocycles. The Kier molecular flexibility index (Phi) is 3.54. The third kappa shape index (κ3) is 2.82. The van der Waals surface area contributed by atoms with E-state index in [-0.39, 0.29) is 0 Å². The largest absolute Gasteiger partial charge is 0.313 e. The highest BCUT2D eigenvalue weighted by Gasteiger charge is 2.11. The van der Waals surface area contributed by atoms with Gasteiger partial charge in [0.15, 0.2) is 0 Å². The molecule has 4 heteroatoms. The standard InChI is InChI=1S/C10H18N4/c1-2-4-12-10(3-1)8-11-5-9-6-13-14-7-9/h6-7,10-12H,1-5,8H2,(H,13,14). The summed E-state index contributed by atoms with van der Waals surface area (Å²) in [6.45, 7) is 3.15. The van der Waals surface area contributed by atoms with Crippen molar-refractivity contribution in [1.29, 1.82) is 0 Å². The fraction of sp³-hybridized carbons (Fsp3) is 0.700. The topological polar surface area (TPSA) is 52.7 Å². The van der Waals surface area contributed by atoms with Crippen LogP contribution in [0.5, 0.6) is 0 Å². The number of hydrogen-bond acceptors (Lipinski definition) is 3. The summed E-state index contributed by atoms with van der Waals surface area (Å²) < 4.78 is 0. The van der Waals surface area contributed by atoms with E-state index in [0.717, 1.165) is 13.1 Å². The van der Waals surface area contributed by atoms with Gasteiger partial charge in [-0.3, -0.25) is 5.10 Å². The number of H-pyrrole nitrogens is 1. The molecule has 78 valence electrons. The molecule has 1 aromatic rings. The Morgan fingerprint density at radius 2 is 2.50 bits per heavy atom. The SMILES string of the molecule is c1n[nH]cc1CNCC1CCCCN1. The fourth-order valence-electron chi connectivity index (χ4n) is 1.86. The van der Waals surface area contributed by atoms with Crippen LogP contribution in [0.4, 0.5) is 0 Å². The summed E-state index contributed by atoms with van der Waals surface area (Å²) in [6, 6.07) is 0.663. The highest BCUT2D eigenvalue weighted by Crippen LogP contribution is 2.05. The summed E-state index contributed by atoms with van der Waals surface area (Å²) in [4.78, 5) is 0. The molecule has 0 spiro atoms. The van der Waals surface area contributed by atoms with Crippen LogP contribution in [-0.2, 0) is 6.54 Å². The molecule has 0 radical (unpaired) electrons. The quantitative estimate of drug-likeness (QED) is 0.659. The third-order valence-corrected chi connectivity index (χ3v) is 2.69. The molecule has 3 N–H and O–H groups in total. The van der Waals surface area contributed by atoms with Gasteiger partial charge in [-0.2, -0.15) is 5.10 Å². The van der Waals surface area contributed by atoms with Crippen molar-refractivity contribution in [2.45, 2.75) is 31.8 Å². The second kappa shape index (κ2) is 5.12. The van der Waals surface area contributed by atoms with Crippen LogP contribution >= 0.6 is 0 Å². The Hall–Kier alpha value is -0.870. The molecule has 0 aromatic carbocycles. The van der Waals surface area contributed by atoms with Crippen molar-refractivity contribution in [2.24, 2.45) is 0 Å². The van der Waals surface area contributed by atoms with Crippen LogP contribution in [0, 0.1) is 0 Å². The highest BCUT2D eigenvalue weighted by atomic mass is 15.1. The van der Waals surface area contributed by atoms with Crippen LogP contribution in [-0.4, -0.2) is 29.3 Å². The van der Waals surface area contributed by atoms with Crippen molar-refractivity contribution >= 4 is 0 Å². The molecule has 1 fully saturated rings. The van der Waals surface area contributed by atoms with Crippen LogP contribution in [0.3, 0.4) is 0 Å². The van der Waals surface area contributed by atoms with E-state index in [1.54, 1.807) is 0 Å². The minimum Gasteiger partial charge on any atom is -0.313 e. The minimum atomic E-state index is 0.663. The van der Waals surface area contributed by atoms with Crippen LogP contribution in [0.1, 0.15) is 24.8 Å². The predicted molar refractivity (Wildman–Crippen MR) is 55.9 cm³/mol. The Balaban J connectivity index is 1.62. The average molecular weight is 194 g/mol. The fourth-order valence-corrected chi connectivity index (χ4v) is 1.86. The maximum absolute atomic E-state index is 3.91. The van der Waals surface area contributed by atoms with Crippen molar-refractivity contribution in [3.63, 3.8) is 0 Å². The molecule has 1 unspecified atom stereocenters. The molecule has 1 saturated heterocycles. The molecular formula is C10H18N4. The molecule has 0 aliphatic carbocycles. The first-order chi connectivity index (χ1) is 6.95. The number of piperidine rings is 1. The van der Waals surface area contributed by atoms with Crippen molar-refractivity contribution in [3.05, 3.63) is 18.0 Å². The zero-order valence-corrected chi connectivity index (χ0v) is 8.42. The van der Waals surface area contributed by atoms with Gasteiger partial charge in [-0.15, -0.1) is 0 Å². The van der Waals surface area contributed by atoms with Crippen molar-refractivity contribution in [1.82, 2.24) is 20.8 Å². The van der Waals surface area contributed by atoms with Gasteiger partial charge >= 0.3 is 0 Å². The summed E-state index contributed by atoms with van der Waals surface area (Å²) in [6.07, 6.45) is 7.80. The van der Waals surface area contributed by atoms with E-state index in [2.05, 4.69) is 20.8 Å². The molecule has 2 heterocycles. The molecule has 1 atom stereocenters. The van der Waals surface area contributed by atoms with Gasteiger partial charge in [-0.05, 0) is 19.4 Å². The molecule has 14 heavy (non-hydrogen) atoms. The molecule has 0 amide bonds. The number of aromatic amines is 1. The summed E-state index contributed by atoms with van der Waals surface area (Å²) in [5, 5.41) is 13.7. The van der Waals surface area contributed by atoms with Gasteiger partial charge in [0.1, 0.15) is 0 Å². The van der Waals surface area contributed by atoms with Gasteiger partial charge in [0, 0.05) is 30.9 Å². The normalized spacial score (nSPS) is 22.4. The van der Waals surface area contributed by atoms with Gasteiger partial charge in [0.25, 0.3) is 0 Å². The Bertz CT molecular complexity index is 239. The van der Waals surface area contributed by atoms with Crippen molar-refractivity contribution in [3.8, 4) is 0 Å². The first-order valence-electron chi connectivity index (χ1n) is 5.37. The van der Waals surface area contributed by atoms with Crippen LogP contribution in [0.2, 0.25) is 0 Å². The van der Waals surface area contributed by atoms with Crippen molar-refractivity contribution in [2.75, 3.05) is 13.1 Å². The Morgan fingerprint density at radius 3 is 3.21 bits per heavy atom. The second-order valence-electron chi connectivity index (χ2n) is 3.88. The molecule has 0 bridgehead atoms. The summed E-state index contributed by atoms with van der Waals surface area (Å²) >= 11 is 0. The average Bonchev–Trinajstić information content (AvgIpc) is 2.72. The molecule has 2 rings (SSSR count). The van der Waals surface area contributed by atoms with Gasteiger partial charge < -0.3 is 10.6 Å². The Labute approximate surface area is 84.5 Å². The van der Waals surface area contributed by atoms with Gasteiger partial charge in [0.05, 0.1) is 6.20 Å². The molecule has 1 aliphatic rings. The van der Waals surface area contributed by atoms with Crippen LogP contribution < -0.4 is 10.6 Å². The summed E-state index contributed by atoms with van der Waals surface area (Å²) in [7, 11) is 0. The first-order valence-corrected chi connectivity index (χ1v) is 5.37. The third-order valence-electron chi connectivity index (χ3n) is 2.69. The number of nitrogens with zero attached hydrogens (tertiary/aromatic N) is 1. The maximum Gasteiger partial charge on any atom is 0.0532 e. The highest BCUT2D eigenvalue weighted by molar-refractivity contribution is 5.01. The van der Waals surface area contributed by atoms with E-state index in [1.807, 2.05) is 12.4 Å². The zero-order valence-electron chi connectivity index (χ0n) is 8.42. The van der Waals surface area contributed by atoms with Gasteiger partial charge in [-0.25, -0.2) is 0 Å². The monoisotopic (exact) mass is 194 g/mol. The summed E-state index contributed by atoms with van der Waals surface area (Å²) in [5.74, 6) is 0. The second-order valence-corrected chi connectivity index (χ2v) is 3.88. The lowest BCUT2D eigenvalue weighted by Gasteiger charge is -2.23. The van der Waals surface area contributed by atoms with Crippen LogP contribution in [0.15, 0.2) is 12.4 Å². The lowest BCUT2D eigenvalue weighted by Crippen LogP contribution is -2.41. The maximum atomic E-state index is 3.91. The van der Waals surface area contributed by atoms with Gasteiger partial charge in [-0.1, -0.05) is 6.42 Å². The van der Waals surface area contributed by atoms with E-state index >= 15 is 0 Å². The minimum absolute atomic E-state index is 0.663. The predicted octanol–water partition coefficient (Wildman–Crippen LogP) is 0.641. The molecule has 1 aliphatic heterocycles.